The second-order valence-corrected chi connectivity index (χ2v) is 3.93. The third kappa shape index (κ3) is 1.59. The molecular weight excluding hydrogens is 243 g/mol. The molecule has 0 unspecified atom stereocenters. The number of amidine groups is 1. The van der Waals surface area contributed by atoms with Crippen LogP contribution in [0.1, 0.15) is 5.56 Å². The van der Waals surface area contributed by atoms with E-state index in [4.69, 9.17) is 0 Å². The number of carbonyl (C=O) groups excluding carboxylic acids is 1. The predicted molar refractivity (Wildman–Crippen MR) is 56.7 cm³/mol. The standard InChI is InChI=1S/C10H9N2OSe/c1-7-2-4-8(5-3-7)12-9(13)6-11-10(12)14/h2-5H,6H2,1H3. The predicted octanol–water partition coefficient (Wildman–Crippen LogP) is 0.866. The summed E-state index contributed by atoms with van der Waals surface area (Å²) in [6.45, 7) is 2.26. The summed E-state index contributed by atoms with van der Waals surface area (Å²) >= 11 is 2.79. The quantitative estimate of drug-likeness (QED) is 0.682. The minimum atomic E-state index is 0.0163. The minimum absolute atomic E-state index is 0.0163. The Morgan fingerprint density at radius 1 is 1.36 bits per heavy atom. The number of nitrogens with zero attached hydrogens (tertiary/aromatic N) is 2. The fraction of sp³-hybridized carbons (Fsp3) is 0.200. The molecule has 2 rings (SSSR count). The van der Waals surface area contributed by atoms with Crippen molar-refractivity contribution in [1.29, 1.82) is 0 Å². The van der Waals surface area contributed by atoms with E-state index in [1.807, 2.05) is 31.2 Å². The topological polar surface area (TPSA) is 32.7 Å². The Morgan fingerprint density at radius 2 is 2.00 bits per heavy atom. The Balaban J connectivity index is 2.35. The van der Waals surface area contributed by atoms with Crippen molar-refractivity contribution in [2.45, 2.75) is 6.92 Å². The number of benzene rings is 1. The van der Waals surface area contributed by atoms with Gasteiger partial charge in [-0.3, -0.25) is 0 Å². The first-order valence-electron chi connectivity index (χ1n) is 4.29. The third-order valence-electron chi connectivity index (χ3n) is 2.08. The number of carbonyl (C=O) groups is 1. The van der Waals surface area contributed by atoms with E-state index in [2.05, 4.69) is 21.0 Å². The van der Waals surface area contributed by atoms with Crippen molar-refractivity contribution >= 4 is 32.3 Å². The van der Waals surface area contributed by atoms with Gasteiger partial charge < -0.3 is 0 Å². The SMILES string of the molecule is Cc1ccc(N2C(=O)CN=C2[Se])cc1. The molecule has 0 bridgehead atoms. The Bertz CT molecular complexity index is 397. The monoisotopic (exact) mass is 253 g/mol. The molecule has 0 saturated heterocycles. The van der Waals surface area contributed by atoms with Crippen molar-refractivity contribution < 1.29 is 4.79 Å². The summed E-state index contributed by atoms with van der Waals surface area (Å²) in [5, 5.41) is 0. The van der Waals surface area contributed by atoms with Crippen molar-refractivity contribution in [3.63, 3.8) is 0 Å². The Labute approximate surface area is 90.6 Å². The first-order valence-corrected chi connectivity index (χ1v) is 5.15. The Kier molecular flexibility index (Phi) is 2.40. The molecule has 1 heterocycles. The zero-order valence-electron chi connectivity index (χ0n) is 7.73. The molecule has 0 atom stereocenters. The van der Waals surface area contributed by atoms with Crippen LogP contribution in [0, 0.1) is 6.92 Å². The first-order chi connectivity index (χ1) is 6.68. The first kappa shape index (κ1) is 9.44. The summed E-state index contributed by atoms with van der Waals surface area (Å²) < 4.78 is 0.652. The molecule has 0 saturated carbocycles. The number of amides is 1. The van der Waals surface area contributed by atoms with Gasteiger partial charge in [0.05, 0.1) is 0 Å². The van der Waals surface area contributed by atoms with Gasteiger partial charge in [0.1, 0.15) is 0 Å². The second-order valence-electron chi connectivity index (χ2n) is 3.16. The summed E-state index contributed by atoms with van der Waals surface area (Å²) in [6.07, 6.45) is 0. The van der Waals surface area contributed by atoms with Crippen LogP contribution >= 0.6 is 0 Å². The number of aryl methyl sites for hydroxylation is 1. The van der Waals surface area contributed by atoms with Gasteiger partial charge in [-0.05, 0) is 0 Å². The van der Waals surface area contributed by atoms with E-state index in [9.17, 15) is 4.79 Å². The van der Waals surface area contributed by atoms with Gasteiger partial charge in [0.15, 0.2) is 0 Å². The zero-order chi connectivity index (χ0) is 10.1. The fourth-order valence-corrected chi connectivity index (χ4v) is 1.90. The van der Waals surface area contributed by atoms with E-state index in [1.54, 1.807) is 4.90 Å². The van der Waals surface area contributed by atoms with Crippen LogP contribution in [0.3, 0.4) is 0 Å². The van der Waals surface area contributed by atoms with Crippen LogP contribution in [0.5, 0.6) is 0 Å². The molecule has 1 radical (unpaired) electrons. The normalized spacial score (nSPS) is 15.9. The Morgan fingerprint density at radius 3 is 2.50 bits per heavy atom. The molecule has 1 aliphatic heterocycles. The molecule has 1 aromatic rings. The molecule has 1 amide bonds. The molecule has 0 N–H and O–H groups in total. The summed E-state index contributed by atoms with van der Waals surface area (Å²) in [5.74, 6) is 0.0163. The molecule has 1 aromatic carbocycles. The van der Waals surface area contributed by atoms with Crippen LogP contribution in [-0.4, -0.2) is 33.2 Å². The molecule has 0 aliphatic carbocycles. The van der Waals surface area contributed by atoms with Gasteiger partial charge in [-0.2, -0.15) is 0 Å². The van der Waals surface area contributed by atoms with Gasteiger partial charge in [0.2, 0.25) is 0 Å². The third-order valence-corrected chi connectivity index (χ3v) is 2.74. The van der Waals surface area contributed by atoms with Crippen molar-refractivity contribution in [1.82, 2.24) is 0 Å². The van der Waals surface area contributed by atoms with Gasteiger partial charge in [0.25, 0.3) is 0 Å². The molecule has 14 heavy (non-hydrogen) atoms. The summed E-state index contributed by atoms with van der Waals surface area (Å²) in [4.78, 5) is 17.1. The summed E-state index contributed by atoms with van der Waals surface area (Å²) in [7, 11) is 0. The number of anilines is 1. The molecular formula is C10H9N2OSe. The zero-order valence-corrected chi connectivity index (χ0v) is 9.44. The van der Waals surface area contributed by atoms with E-state index < -0.39 is 0 Å². The van der Waals surface area contributed by atoms with Gasteiger partial charge in [-0.1, -0.05) is 0 Å². The molecule has 4 heteroatoms. The summed E-state index contributed by atoms with van der Waals surface area (Å²) in [5.41, 5.74) is 2.05. The van der Waals surface area contributed by atoms with Crippen LogP contribution in [0.4, 0.5) is 5.69 Å². The maximum atomic E-state index is 11.5. The fourth-order valence-electron chi connectivity index (χ4n) is 1.33. The summed E-state index contributed by atoms with van der Waals surface area (Å²) in [6, 6.07) is 7.80. The number of aliphatic imine (C=N–C) groups is 1. The van der Waals surface area contributed by atoms with E-state index >= 15 is 0 Å². The van der Waals surface area contributed by atoms with Crippen LogP contribution in [0.25, 0.3) is 0 Å². The average molecular weight is 252 g/mol. The van der Waals surface area contributed by atoms with E-state index in [-0.39, 0.29) is 12.5 Å². The molecule has 1 aliphatic rings. The van der Waals surface area contributed by atoms with Gasteiger partial charge >= 0.3 is 90.3 Å². The molecule has 0 fully saturated rings. The van der Waals surface area contributed by atoms with Gasteiger partial charge in [0, 0.05) is 0 Å². The molecule has 0 aromatic heterocycles. The van der Waals surface area contributed by atoms with Crippen LogP contribution < -0.4 is 4.90 Å². The van der Waals surface area contributed by atoms with Gasteiger partial charge in [-0.15, -0.1) is 0 Å². The number of hydrogen-bond acceptors (Lipinski definition) is 2. The molecule has 71 valence electrons. The number of hydrogen-bond donors (Lipinski definition) is 0. The molecule has 3 nitrogen and oxygen atoms in total. The number of rotatable bonds is 1. The van der Waals surface area contributed by atoms with Crippen molar-refractivity contribution in [2.24, 2.45) is 4.99 Å². The average Bonchev–Trinajstić information content (AvgIpc) is 2.49. The van der Waals surface area contributed by atoms with E-state index in [0.717, 1.165) is 5.69 Å². The van der Waals surface area contributed by atoms with E-state index in [1.165, 1.54) is 5.56 Å². The maximum absolute atomic E-state index is 11.5. The van der Waals surface area contributed by atoms with E-state index in [0.29, 0.717) is 4.73 Å². The van der Waals surface area contributed by atoms with Crippen molar-refractivity contribution in [2.75, 3.05) is 11.4 Å². The second kappa shape index (κ2) is 3.56. The van der Waals surface area contributed by atoms with Gasteiger partial charge in [-0.25, -0.2) is 0 Å². The van der Waals surface area contributed by atoms with Crippen molar-refractivity contribution in [3.8, 4) is 0 Å². The van der Waals surface area contributed by atoms with Crippen LogP contribution in [0.15, 0.2) is 29.3 Å². The van der Waals surface area contributed by atoms with Crippen LogP contribution in [0.2, 0.25) is 0 Å². The molecule has 0 spiro atoms. The van der Waals surface area contributed by atoms with Crippen molar-refractivity contribution in [3.05, 3.63) is 29.8 Å². The Hall–Kier alpha value is -1.12. The van der Waals surface area contributed by atoms with Crippen LogP contribution in [-0.2, 0) is 4.79 Å².